The van der Waals surface area contributed by atoms with Gasteiger partial charge in [0.15, 0.2) is 0 Å². The van der Waals surface area contributed by atoms with E-state index < -0.39 is 0 Å². The Balaban J connectivity index is 2.21. The lowest BCUT2D eigenvalue weighted by molar-refractivity contribution is 0.220. The Kier molecular flexibility index (Phi) is 5.59. The predicted octanol–water partition coefficient (Wildman–Crippen LogP) is 3.03. The molecule has 1 aromatic rings. The molecule has 1 aromatic carbocycles. The van der Waals surface area contributed by atoms with Crippen LogP contribution in [0.1, 0.15) is 38.3 Å². The van der Waals surface area contributed by atoms with E-state index in [1.54, 1.807) is 12.1 Å². The first kappa shape index (κ1) is 16.2. The number of benzene rings is 1. The van der Waals surface area contributed by atoms with Gasteiger partial charge in [0.05, 0.1) is 5.69 Å². The van der Waals surface area contributed by atoms with Gasteiger partial charge in [-0.1, -0.05) is 19.1 Å². The van der Waals surface area contributed by atoms with Crippen LogP contribution in [0.2, 0.25) is 0 Å². The van der Waals surface area contributed by atoms with Gasteiger partial charge in [-0.15, -0.1) is 0 Å². The lowest BCUT2D eigenvalue weighted by atomic mass is 9.99. The number of hydrogen-bond donors (Lipinski definition) is 1. The van der Waals surface area contributed by atoms with Crippen molar-refractivity contribution >= 4 is 5.69 Å². The van der Waals surface area contributed by atoms with Crippen LogP contribution in [0, 0.1) is 5.82 Å². The van der Waals surface area contributed by atoms with E-state index in [1.807, 2.05) is 20.2 Å². The highest BCUT2D eigenvalue weighted by Gasteiger charge is 2.25. The maximum absolute atomic E-state index is 14.4. The van der Waals surface area contributed by atoms with E-state index in [2.05, 4.69) is 29.0 Å². The monoisotopic (exact) mass is 293 g/mol. The zero-order valence-electron chi connectivity index (χ0n) is 13.7. The van der Waals surface area contributed by atoms with Gasteiger partial charge in [-0.3, -0.25) is 0 Å². The summed E-state index contributed by atoms with van der Waals surface area (Å²) in [4.78, 5) is 4.62. The van der Waals surface area contributed by atoms with Gasteiger partial charge < -0.3 is 15.1 Å². The van der Waals surface area contributed by atoms with E-state index in [4.69, 9.17) is 0 Å². The molecule has 0 spiro atoms. The SMILES string of the molecule is CCN1CCC(N(C)c2c(F)cccc2C(C)NC)CC1. The Morgan fingerprint density at radius 1 is 1.38 bits per heavy atom. The molecule has 0 bridgehead atoms. The highest BCUT2D eigenvalue weighted by molar-refractivity contribution is 5.56. The molecule has 2 rings (SSSR count). The van der Waals surface area contributed by atoms with Crippen LogP contribution in [0.25, 0.3) is 0 Å². The molecule has 1 heterocycles. The summed E-state index contributed by atoms with van der Waals surface area (Å²) in [7, 11) is 3.95. The molecule has 4 heteroatoms. The van der Waals surface area contributed by atoms with Crippen LogP contribution < -0.4 is 10.2 Å². The second-order valence-corrected chi connectivity index (χ2v) is 5.96. The van der Waals surface area contributed by atoms with Gasteiger partial charge in [-0.25, -0.2) is 4.39 Å². The number of anilines is 1. The summed E-state index contributed by atoms with van der Waals surface area (Å²) < 4.78 is 14.4. The van der Waals surface area contributed by atoms with Crippen molar-refractivity contribution in [3.8, 4) is 0 Å². The lowest BCUT2D eigenvalue weighted by Crippen LogP contribution is -2.44. The third kappa shape index (κ3) is 3.55. The van der Waals surface area contributed by atoms with Gasteiger partial charge in [-0.05, 0) is 45.0 Å². The minimum atomic E-state index is -0.116. The zero-order chi connectivity index (χ0) is 15.4. The second-order valence-electron chi connectivity index (χ2n) is 5.96. The van der Waals surface area contributed by atoms with E-state index in [9.17, 15) is 4.39 Å². The average molecular weight is 293 g/mol. The summed E-state index contributed by atoms with van der Waals surface area (Å²) in [6, 6.07) is 5.97. The molecule has 1 atom stereocenters. The Bertz CT molecular complexity index is 455. The molecule has 118 valence electrons. The van der Waals surface area contributed by atoms with Crippen molar-refractivity contribution < 1.29 is 4.39 Å². The number of nitrogens with zero attached hydrogens (tertiary/aromatic N) is 2. The van der Waals surface area contributed by atoms with E-state index in [0.29, 0.717) is 6.04 Å². The minimum absolute atomic E-state index is 0.116. The molecular weight excluding hydrogens is 265 g/mol. The summed E-state index contributed by atoms with van der Waals surface area (Å²) in [6.07, 6.45) is 2.21. The molecular formula is C17H28FN3. The maximum atomic E-state index is 14.4. The van der Waals surface area contributed by atoms with Crippen molar-refractivity contribution in [1.82, 2.24) is 10.2 Å². The van der Waals surface area contributed by atoms with Crippen LogP contribution in [0.5, 0.6) is 0 Å². The largest absolute Gasteiger partial charge is 0.369 e. The van der Waals surface area contributed by atoms with Crippen LogP contribution in [0.15, 0.2) is 18.2 Å². The van der Waals surface area contributed by atoms with E-state index in [-0.39, 0.29) is 11.9 Å². The normalized spacial score (nSPS) is 18.7. The molecule has 1 N–H and O–H groups in total. The van der Waals surface area contributed by atoms with Crippen molar-refractivity contribution in [3.05, 3.63) is 29.6 Å². The van der Waals surface area contributed by atoms with Crippen LogP contribution in [0.3, 0.4) is 0 Å². The second kappa shape index (κ2) is 7.23. The molecule has 0 aliphatic carbocycles. The fourth-order valence-corrected chi connectivity index (χ4v) is 3.21. The number of nitrogens with one attached hydrogen (secondary N) is 1. The highest BCUT2D eigenvalue weighted by atomic mass is 19.1. The summed E-state index contributed by atoms with van der Waals surface area (Å²) in [6.45, 7) is 7.60. The summed E-state index contributed by atoms with van der Waals surface area (Å²) in [5.74, 6) is -0.116. The minimum Gasteiger partial charge on any atom is -0.369 e. The molecule has 1 fully saturated rings. The zero-order valence-corrected chi connectivity index (χ0v) is 13.7. The Labute approximate surface area is 128 Å². The van der Waals surface area contributed by atoms with Crippen LogP contribution in [0.4, 0.5) is 10.1 Å². The summed E-state index contributed by atoms with van der Waals surface area (Å²) in [5.41, 5.74) is 1.80. The molecule has 0 amide bonds. The van der Waals surface area contributed by atoms with Crippen LogP contribution in [-0.2, 0) is 0 Å². The molecule has 0 saturated carbocycles. The molecule has 1 aliphatic rings. The Morgan fingerprint density at radius 3 is 2.62 bits per heavy atom. The summed E-state index contributed by atoms with van der Waals surface area (Å²) >= 11 is 0. The summed E-state index contributed by atoms with van der Waals surface area (Å²) in [5, 5.41) is 3.22. The average Bonchev–Trinajstić information content (AvgIpc) is 2.53. The maximum Gasteiger partial charge on any atom is 0.146 e. The third-order valence-electron chi connectivity index (χ3n) is 4.82. The first-order chi connectivity index (χ1) is 10.1. The van der Waals surface area contributed by atoms with Gasteiger partial charge in [0.25, 0.3) is 0 Å². The molecule has 21 heavy (non-hydrogen) atoms. The molecule has 0 radical (unpaired) electrons. The number of para-hydroxylation sites is 1. The molecule has 0 aromatic heterocycles. The molecule has 1 saturated heterocycles. The highest BCUT2D eigenvalue weighted by Crippen LogP contribution is 2.31. The van der Waals surface area contributed by atoms with E-state index in [0.717, 1.165) is 43.7 Å². The van der Waals surface area contributed by atoms with Gasteiger partial charge in [0.1, 0.15) is 5.82 Å². The van der Waals surface area contributed by atoms with Gasteiger partial charge in [-0.2, -0.15) is 0 Å². The Morgan fingerprint density at radius 2 is 2.05 bits per heavy atom. The van der Waals surface area contributed by atoms with Crippen molar-refractivity contribution in [3.63, 3.8) is 0 Å². The van der Waals surface area contributed by atoms with Crippen molar-refractivity contribution in [1.29, 1.82) is 0 Å². The number of piperidine rings is 1. The lowest BCUT2D eigenvalue weighted by Gasteiger charge is -2.38. The standard InChI is InChI=1S/C17H28FN3/c1-5-21-11-9-14(10-12-21)20(4)17-15(13(2)19-3)7-6-8-16(17)18/h6-8,13-14,19H,5,9-12H2,1-4H3. The molecule has 3 nitrogen and oxygen atoms in total. The van der Waals surface area contributed by atoms with E-state index >= 15 is 0 Å². The van der Waals surface area contributed by atoms with Gasteiger partial charge >= 0.3 is 0 Å². The van der Waals surface area contributed by atoms with Crippen LogP contribution in [-0.4, -0.2) is 44.7 Å². The molecule has 1 unspecified atom stereocenters. The first-order valence-corrected chi connectivity index (χ1v) is 7.99. The van der Waals surface area contributed by atoms with Crippen molar-refractivity contribution in [2.75, 3.05) is 38.6 Å². The third-order valence-corrected chi connectivity index (χ3v) is 4.82. The fraction of sp³-hybridized carbons (Fsp3) is 0.647. The first-order valence-electron chi connectivity index (χ1n) is 7.99. The topological polar surface area (TPSA) is 18.5 Å². The molecule has 1 aliphatic heterocycles. The Hall–Kier alpha value is -1.13. The van der Waals surface area contributed by atoms with Crippen molar-refractivity contribution in [2.24, 2.45) is 0 Å². The van der Waals surface area contributed by atoms with Crippen molar-refractivity contribution in [2.45, 2.75) is 38.8 Å². The van der Waals surface area contributed by atoms with Gasteiger partial charge in [0, 0.05) is 32.2 Å². The fourth-order valence-electron chi connectivity index (χ4n) is 3.21. The number of rotatable bonds is 5. The number of likely N-dealkylation sites (tertiary alicyclic amines) is 1. The number of halogens is 1. The predicted molar refractivity (Wildman–Crippen MR) is 87.4 cm³/mol. The number of hydrogen-bond acceptors (Lipinski definition) is 3. The quantitative estimate of drug-likeness (QED) is 0.900. The van der Waals surface area contributed by atoms with E-state index in [1.165, 1.54) is 0 Å². The van der Waals surface area contributed by atoms with Gasteiger partial charge in [0.2, 0.25) is 0 Å². The smallest absolute Gasteiger partial charge is 0.146 e. The van der Waals surface area contributed by atoms with Crippen LogP contribution >= 0.6 is 0 Å².